The minimum Gasteiger partial charge on any atom is -0.390 e. The summed E-state index contributed by atoms with van der Waals surface area (Å²) in [5.41, 5.74) is 0. The second-order valence-electron chi connectivity index (χ2n) is 3.38. The molecule has 0 bridgehead atoms. The van der Waals surface area contributed by atoms with Gasteiger partial charge in [-0.2, -0.15) is 0 Å². The lowest BCUT2D eigenvalue weighted by Gasteiger charge is -2.21. The summed E-state index contributed by atoms with van der Waals surface area (Å²) in [5.74, 6) is 0. The van der Waals surface area contributed by atoms with Crippen LogP contribution in [0.25, 0.3) is 0 Å². The Hall–Kier alpha value is -0.0300. The van der Waals surface area contributed by atoms with Crippen LogP contribution in [0.1, 0.15) is 19.8 Å². The van der Waals surface area contributed by atoms with Crippen molar-refractivity contribution in [3.8, 4) is 0 Å². The Labute approximate surface area is 84.3 Å². The van der Waals surface area contributed by atoms with Crippen molar-refractivity contribution < 1.29 is 14.0 Å². The van der Waals surface area contributed by atoms with Crippen LogP contribution in [0.3, 0.4) is 0 Å². The summed E-state index contributed by atoms with van der Waals surface area (Å²) < 4.78 is 10.4. The molecular weight excluding hydrogens is 188 g/mol. The first-order chi connectivity index (χ1) is 6.19. The Balaban J connectivity index is 2.51. The maximum absolute atomic E-state index is 9.66. The van der Waals surface area contributed by atoms with E-state index in [9.17, 15) is 5.11 Å². The molecule has 4 atom stereocenters. The van der Waals surface area contributed by atoms with E-state index < -0.39 is 6.10 Å². The molecule has 1 aliphatic rings. The molecule has 1 rings (SSSR count). The van der Waals surface area contributed by atoms with E-state index in [2.05, 4.69) is 19.5 Å². The number of thiol groups is 1. The van der Waals surface area contributed by atoms with Gasteiger partial charge in [0.25, 0.3) is 0 Å². The molecule has 0 saturated carbocycles. The number of hydrogen-bond acceptors (Lipinski definition) is 4. The Morgan fingerprint density at radius 2 is 2.54 bits per heavy atom. The number of hydrogen-bond donors (Lipinski definition) is 2. The molecule has 0 spiro atoms. The molecule has 0 aromatic carbocycles. The van der Waals surface area contributed by atoms with Gasteiger partial charge in [-0.25, -0.2) is 0 Å². The molecule has 1 fully saturated rings. The van der Waals surface area contributed by atoms with Crippen molar-refractivity contribution in [2.75, 3.05) is 0 Å². The van der Waals surface area contributed by atoms with Gasteiger partial charge in [0.05, 0.1) is 12.2 Å². The molecule has 0 aromatic heterocycles. The minimum atomic E-state index is -0.542. The largest absolute Gasteiger partial charge is 0.390 e. The van der Waals surface area contributed by atoms with Crippen LogP contribution in [-0.4, -0.2) is 29.5 Å². The summed E-state index contributed by atoms with van der Waals surface area (Å²) >= 11 is 3.76. The van der Waals surface area contributed by atoms with E-state index in [0.29, 0.717) is 6.42 Å². The van der Waals surface area contributed by atoms with Crippen molar-refractivity contribution in [1.29, 1.82) is 0 Å². The van der Waals surface area contributed by atoms with E-state index in [0.717, 1.165) is 6.42 Å². The molecule has 0 amide bonds. The van der Waals surface area contributed by atoms with Crippen molar-refractivity contribution >= 4 is 12.9 Å². The van der Waals surface area contributed by atoms with Gasteiger partial charge in [-0.15, -0.1) is 6.58 Å². The second kappa shape index (κ2) is 5.00. The van der Waals surface area contributed by atoms with Crippen LogP contribution in [0.15, 0.2) is 12.7 Å². The number of rotatable bonds is 4. The molecule has 76 valence electrons. The summed E-state index contributed by atoms with van der Waals surface area (Å²) in [6.07, 6.45) is 2.17. The summed E-state index contributed by atoms with van der Waals surface area (Å²) in [5, 5.41) is 9.66. The zero-order chi connectivity index (χ0) is 9.84. The molecule has 1 heterocycles. The fourth-order valence-electron chi connectivity index (χ4n) is 1.62. The predicted octanol–water partition coefficient (Wildman–Crippen LogP) is 1.33. The van der Waals surface area contributed by atoms with Gasteiger partial charge < -0.3 is 14.0 Å². The van der Waals surface area contributed by atoms with Gasteiger partial charge in [-0.3, -0.25) is 0 Å². The number of ether oxygens (including phenoxy) is 1. The summed E-state index contributed by atoms with van der Waals surface area (Å²) in [7, 11) is 0. The lowest BCUT2D eigenvalue weighted by Crippen LogP contribution is -2.34. The number of aliphatic hydroxyl groups excluding tert-OH is 1. The van der Waals surface area contributed by atoms with Crippen molar-refractivity contribution in [1.82, 2.24) is 0 Å². The molecule has 0 unspecified atom stereocenters. The second-order valence-corrected chi connectivity index (χ2v) is 3.59. The van der Waals surface area contributed by atoms with E-state index in [4.69, 9.17) is 8.92 Å². The van der Waals surface area contributed by atoms with Crippen molar-refractivity contribution in [2.45, 2.75) is 44.2 Å². The first-order valence-electron chi connectivity index (χ1n) is 4.43. The summed E-state index contributed by atoms with van der Waals surface area (Å²) in [6, 6.07) is 0. The Bertz CT molecular complexity index is 174. The van der Waals surface area contributed by atoms with Crippen LogP contribution in [-0.2, 0) is 8.92 Å². The van der Waals surface area contributed by atoms with Gasteiger partial charge in [-0.1, -0.05) is 6.08 Å². The third-order valence-electron chi connectivity index (χ3n) is 2.24. The van der Waals surface area contributed by atoms with Gasteiger partial charge in [0.15, 0.2) is 0 Å². The van der Waals surface area contributed by atoms with E-state index >= 15 is 0 Å². The molecule has 1 N–H and O–H groups in total. The van der Waals surface area contributed by atoms with E-state index in [1.807, 2.05) is 6.92 Å². The molecule has 0 aliphatic carbocycles. The smallest absolute Gasteiger partial charge is 0.111 e. The normalized spacial score (nSPS) is 36.1. The molecule has 0 radical (unpaired) electrons. The Morgan fingerprint density at radius 3 is 3.08 bits per heavy atom. The van der Waals surface area contributed by atoms with Gasteiger partial charge in [-0.05, 0) is 26.3 Å². The Kier molecular flexibility index (Phi) is 4.25. The zero-order valence-electron chi connectivity index (χ0n) is 7.72. The van der Waals surface area contributed by atoms with Gasteiger partial charge in [0.1, 0.15) is 12.2 Å². The molecule has 4 heteroatoms. The minimum absolute atomic E-state index is 0.117. The third kappa shape index (κ3) is 2.71. The molecule has 3 nitrogen and oxygen atoms in total. The average molecular weight is 204 g/mol. The molecule has 13 heavy (non-hydrogen) atoms. The highest BCUT2D eigenvalue weighted by atomic mass is 32.1. The van der Waals surface area contributed by atoms with Gasteiger partial charge >= 0.3 is 0 Å². The van der Waals surface area contributed by atoms with Crippen LogP contribution in [0.2, 0.25) is 0 Å². The van der Waals surface area contributed by atoms with Gasteiger partial charge in [0.2, 0.25) is 0 Å². The third-order valence-corrected chi connectivity index (χ3v) is 2.51. The quantitative estimate of drug-likeness (QED) is 0.412. The maximum atomic E-state index is 9.66. The van der Waals surface area contributed by atoms with Crippen LogP contribution in [0.5, 0.6) is 0 Å². The van der Waals surface area contributed by atoms with E-state index in [-0.39, 0.29) is 18.3 Å². The highest BCUT2D eigenvalue weighted by Gasteiger charge is 2.37. The molecule has 1 saturated heterocycles. The SMILES string of the molecule is C=CC[C@H](O)[C@H]1O[C@@H](C)C[C@@H]1OS. The van der Waals surface area contributed by atoms with Crippen molar-refractivity contribution in [3.05, 3.63) is 12.7 Å². The first-order valence-corrected chi connectivity index (χ1v) is 4.80. The van der Waals surface area contributed by atoms with E-state index in [1.165, 1.54) is 0 Å². The maximum Gasteiger partial charge on any atom is 0.111 e. The van der Waals surface area contributed by atoms with Crippen LogP contribution < -0.4 is 0 Å². The highest BCUT2D eigenvalue weighted by molar-refractivity contribution is 7.75. The number of aliphatic hydroxyl groups is 1. The fraction of sp³-hybridized carbons (Fsp3) is 0.778. The summed E-state index contributed by atoms with van der Waals surface area (Å²) in [4.78, 5) is 0. The van der Waals surface area contributed by atoms with Crippen LogP contribution >= 0.6 is 12.9 Å². The zero-order valence-corrected chi connectivity index (χ0v) is 8.61. The first kappa shape index (κ1) is 11.0. The average Bonchev–Trinajstić information content (AvgIpc) is 2.47. The van der Waals surface area contributed by atoms with E-state index in [1.54, 1.807) is 6.08 Å². The van der Waals surface area contributed by atoms with Crippen LogP contribution in [0.4, 0.5) is 0 Å². The fourth-order valence-corrected chi connectivity index (χ4v) is 1.83. The lowest BCUT2D eigenvalue weighted by atomic mass is 10.0. The topological polar surface area (TPSA) is 38.7 Å². The van der Waals surface area contributed by atoms with Crippen LogP contribution in [0, 0.1) is 0 Å². The monoisotopic (exact) mass is 204 g/mol. The van der Waals surface area contributed by atoms with Crippen molar-refractivity contribution in [2.24, 2.45) is 0 Å². The highest BCUT2D eigenvalue weighted by Crippen LogP contribution is 2.27. The summed E-state index contributed by atoms with van der Waals surface area (Å²) in [6.45, 7) is 5.53. The predicted molar refractivity (Wildman–Crippen MR) is 53.6 cm³/mol. The Morgan fingerprint density at radius 1 is 1.85 bits per heavy atom. The van der Waals surface area contributed by atoms with Gasteiger partial charge in [0, 0.05) is 6.42 Å². The molecular formula is C9H16O3S. The molecule has 0 aromatic rings. The standard InChI is InChI=1S/C9H16O3S/c1-3-4-7(10)9-8(12-13)5-6(2)11-9/h3,6-10,13H,1,4-5H2,2H3/t6-,7-,8-,9+/m0/s1. The molecule has 1 aliphatic heterocycles. The lowest BCUT2D eigenvalue weighted by molar-refractivity contribution is -0.0514. The van der Waals surface area contributed by atoms with Crippen molar-refractivity contribution in [3.63, 3.8) is 0 Å².